The van der Waals surface area contributed by atoms with Crippen LogP contribution >= 0.6 is 11.3 Å². The number of amides is 1. The average Bonchev–Trinajstić information content (AvgIpc) is 3.19. The van der Waals surface area contributed by atoms with Crippen molar-refractivity contribution in [2.45, 2.75) is 33.6 Å². The molecule has 2 aromatic carbocycles. The van der Waals surface area contributed by atoms with Gasteiger partial charge < -0.3 is 5.32 Å². The number of fused-ring (bicyclic) bond motifs is 1. The maximum absolute atomic E-state index is 13.3. The Labute approximate surface area is 163 Å². The van der Waals surface area contributed by atoms with E-state index >= 15 is 0 Å². The van der Waals surface area contributed by atoms with Crippen molar-refractivity contribution in [3.8, 4) is 10.6 Å². The lowest BCUT2D eigenvalue weighted by atomic mass is 10.1. The lowest BCUT2D eigenvalue weighted by Crippen LogP contribution is -2.04. The molecule has 0 saturated carbocycles. The van der Waals surface area contributed by atoms with E-state index in [1.807, 2.05) is 29.6 Å². The van der Waals surface area contributed by atoms with Gasteiger partial charge in [-0.05, 0) is 35.2 Å². The first-order chi connectivity index (χ1) is 12.9. The molecule has 0 aliphatic carbocycles. The second-order valence-corrected chi connectivity index (χ2v) is 8.11. The summed E-state index contributed by atoms with van der Waals surface area (Å²) in [5, 5.41) is 5.76. The van der Waals surface area contributed by atoms with Gasteiger partial charge in [-0.25, -0.2) is 9.37 Å². The van der Waals surface area contributed by atoms with E-state index in [1.54, 1.807) is 6.07 Å². The molecule has 0 radical (unpaired) electrons. The Bertz CT molecular complexity index is 946. The van der Waals surface area contributed by atoms with Gasteiger partial charge in [0.2, 0.25) is 5.91 Å². The molecule has 0 fully saturated rings. The lowest BCUT2D eigenvalue weighted by molar-refractivity contribution is -0.115. The monoisotopic (exact) mass is 382 g/mol. The molecular formula is C22H23FN2OS. The highest BCUT2D eigenvalue weighted by atomic mass is 32.1. The molecule has 27 heavy (non-hydrogen) atoms. The Morgan fingerprint density at radius 1 is 1.19 bits per heavy atom. The number of hydrogen-bond donors (Lipinski definition) is 1. The van der Waals surface area contributed by atoms with Crippen LogP contribution in [0.2, 0.25) is 0 Å². The summed E-state index contributed by atoms with van der Waals surface area (Å²) in [6.07, 6.45) is 1.01. The Balaban J connectivity index is 0.000000481. The number of carbonyl (C=O) groups is 1. The van der Waals surface area contributed by atoms with Crippen molar-refractivity contribution in [1.82, 2.24) is 4.98 Å². The van der Waals surface area contributed by atoms with Gasteiger partial charge in [-0.15, -0.1) is 11.3 Å². The number of aromatic nitrogens is 1. The summed E-state index contributed by atoms with van der Waals surface area (Å²) in [7, 11) is 0. The standard InChI is InChI=1S/C18H13FN2OS.C4H10/c19-13-5-1-3-11(7-13)8-14-10-23-18(20-14)15-6-2-4-12-9-16(22)21-17(12)15;1-4(2)3/h1-7,10H,8-9H2,(H,21,22);4H,1-3H3. The van der Waals surface area contributed by atoms with Gasteiger partial charge in [0.05, 0.1) is 17.8 Å². The number of thiazole rings is 1. The van der Waals surface area contributed by atoms with Crippen molar-refractivity contribution in [2.24, 2.45) is 5.92 Å². The fourth-order valence-electron chi connectivity index (χ4n) is 2.80. The molecule has 1 aliphatic heterocycles. The van der Waals surface area contributed by atoms with Crippen LogP contribution in [0.15, 0.2) is 47.8 Å². The third kappa shape index (κ3) is 5.01. The third-order valence-electron chi connectivity index (χ3n) is 3.82. The summed E-state index contributed by atoms with van der Waals surface area (Å²) in [4.78, 5) is 16.3. The smallest absolute Gasteiger partial charge is 0.228 e. The second kappa shape index (κ2) is 8.44. The van der Waals surface area contributed by atoms with Gasteiger partial charge in [0.1, 0.15) is 10.8 Å². The van der Waals surface area contributed by atoms with E-state index in [0.29, 0.717) is 12.8 Å². The summed E-state index contributed by atoms with van der Waals surface area (Å²) < 4.78 is 13.3. The van der Waals surface area contributed by atoms with E-state index in [2.05, 4.69) is 31.1 Å². The molecule has 0 unspecified atom stereocenters. The number of nitrogens with one attached hydrogen (secondary N) is 1. The van der Waals surface area contributed by atoms with E-state index in [0.717, 1.165) is 39.0 Å². The minimum Gasteiger partial charge on any atom is -0.325 e. The van der Waals surface area contributed by atoms with E-state index in [4.69, 9.17) is 0 Å². The van der Waals surface area contributed by atoms with Gasteiger partial charge in [-0.1, -0.05) is 45.0 Å². The molecule has 1 aliphatic rings. The SMILES string of the molecule is CC(C)C.O=C1Cc2cccc(-c3nc(Cc4cccc(F)c4)cs3)c2N1. The molecule has 0 bridgehead atoms. The fraction of sp³-hybridized carbons (Fsp3) is 0.273. The maximum Gasteiger partial charge on any atom is 0.228 e. The number of nitrogens with zero attached hydrogens (tertiary/aromatic N) is 1. The maximum atomic E-state index is 13.3. The van der Waals surface area contributed by atoms with E-state index in [9.17, 15) is 9.18 Å². The molecule has 0 saturated heterocycles. The predicted octanol–water partition coefficient (Wildman–Crippen LogP) is 5.70. The first kappa shape index (κ1) is 19.2. The van der Waals surface area contributed by atoms with Crippen LogP contribution in [-0.4, -0.2) is 10.9 Å². The van der Waals surface area contributed by atoms with E-state index in [1.165, 1.54) is 23.5 Å². The van der Waals surface area contributed by atoms with Crippen molar-refractivity contribution in [3.05, 3.63) is 70.5 Å². The number of para-hydroxylation sites is 1. The quantitative estimate of drug-likeness (QED) is 0.632. The number of benzene rings is 2. The summed E-state index contributed by atoms with van der Waals surface area (Å²) in [6.45, 7) is 6.50. The Kier molecular flexibility index (Phi) is 6.01. The van der Waals surface area contributed by atoms with Crippen molar-refractivity contribution >= 4 is 22.9 Å². The number of hydrogen-bond acceptors (Lipinski definition) is 3. The zero-order chi connectivity index (χ0) is 19.4. The summed E-state index contributed by atoms with van der Waals surface area (Å²) in [5.74, 6) is 0.616. The van der Waals surface area contributed by atoms with Gasteiger partial charge in [-0.2, -0.15) is 0 Å². The molecule has 1 amide bonds. The van der Waals surface area contributed by atoms with Crippen LogP contribution < -0.4 is 5.32 Å². The largest absolute Gasteiger partial charge is 0.325 e. The Morgan fingerprint density at radius 3 is 2.67 bits per heavy atom. The van der Waals surface area contributed by atoms with Crippen molar-refractivity contribution in [3.63, 3.8) is 0 Å². The molecule has 3 aromatic rings. The molecule has 140 valence electrons. The van der Waals surface area contributed by atoms with Gasteiger partial charge in [0, 0.05) is 17.4 Å². The Hall–Kier alpha value is -2.53. The molecule has 5 heteroatoms. The van der Waals surface area contributed by atoms with Gasteiger partial charge in [0.15, 0.2) is 0 Å². The number of rotatable bonds is 3. The molecule has 2 heterocycles. The molecule has 0 atom stereocenters. The zero-order valence-electron chi connectivity index (χ0n) is 15.8. The van der Waals surface area contributed by atoms with E-state index < -0.39 is 0 Å². The second-order valence-electron chi connectivity index (χ2n) is 7.25. The van der Waals surface area contributed by atoms with Crippen molar-refractivity contribution < 1.29 is 9.18 Å². The lowest BCUT2D eigenvalue weighted by Gasteiger charge is -2.04. The van der Waals surface area contributed by atoms with E-state index in [-0.39, 0.29) is 11.7 Å². The minimum atomic E-state index is -0.235. The van der Waals surface area contributed by atoms with Crippen LogP contribution in [0.25, 0.3) is 10.6 Å². The molecule has 3 nitrogen and oxygen atoms in total. The van der Waals surface area contributed by atoms with Crippen LogP contribution in [0.3, 0.4) is 0 Å². The van der Waals surface area contributed by atoms with Gasteiger partial charge >= 0.3 is 0 Å². The highest BCUT2D eigenvalue weighted by Crippen LogP contribution is 2.36. The molecule has 1 aromatic heterocycles. The minimum absolute atomic E-state index is 0.0176. The summed E-state index contributed by atoms with van der Waals surface area (Å²) in [5.41, 5.74) is 4.62. The first-order valence-corrected chi connectivity index (χ1v) is 9.91. The van der Waals surface area contributed by atoms with Crippen molar-refractivity contribution in [1.29, 1.82) is 0 Å². The van der Waals surface area contributed by atoms with Crippen LogP contribution in [0.1, 0.15) is 37.6 Å². The molecule has 0 spiro atoms. The summed E-state index contributed by atoms with van der Waals surface area (Å²) in [6, 6.07) is 12.4. The average molecular weight is 383 g/mol. The number of carbonyl (C=O) groups excluding carboxylic acids is 1. The fourth-order valence-corrected chi connectivity index (χ4v) is 3.65. The molecule has 1 N–H and O–H groups in total. The highest BCUT2D eigenvalue weighted by molar-refractivity contribution is 7.13. The summed E-state index contributed by atoms with van der Waals surface area (Å²) >= 11 is 1.54. The first-order valence-electron chi connectivity index (χ1n) is 9.03. The highest BCUT2D eigenvalue weighted by Gasteiger charge is 2.22. The molecular weight excluding hydrogens is 359 g/mol. The topological polar surface area (TPSA) is 42.0 Å². The third-order valence-corrected chi connectivity index (χ3v) is 4.75. The van der Waals surface area contributed by atoms with Crippen LogP contribution in [-0.2, 0) is 17.6 Å². The number of anilines is 1. The predicted molar refractivity (Wildman–Crippen MR) is 110 cm³/mol. The van der Waals surface area contributed by atoms with Crippen LogP contribution in [0.5, 0.6) is 0 Å². The van der Waals surface area contributed by atoms with Gasteiger partial charge in [0.25, 0.3) is 0 Å². The molecule has 4 rings (SSSR count). The number of halogens is 1. The van der Waals surface area contributed by atoms with Crippen molar-refractivity contribution in [2.75, 3.05) is 5.32 Å². The van der Waals surface area contributed by atoms with Crippen LogP contribution in [0.4, 0.5) is 10.1 Å². The van der Waals surface area contributed by atoms with Crippen LogP contribution in [0, 0.1) is 11.7 Å². The Morgan fingerprint density at radius 2 is 1.93 bits per heavy atom. The normalized spacial score (nSPS) is 12.4. The van der Waals surface area contributed by atoms with Gasteiger partial charge in [-0.3, -0.25) is 4.79 Å². The zero-order valence-corrected chi connectivity index (χ0v) is 16.6.